The van der Waals surface area contributed by atoms with E-state index in [1.165, 1.54) is 11.3 Å². The third-order valence-electron chi connectivity index (χ3n) is 2.24. The van der Waals surface area contributed by atoms with Gasteiger partial charge in [0.15, 0.2) is 10.6 Å². The van der Waals surface area contributed by atoms with E-state index in [0.29, 0.717) is 20.4 Å². The van der Waals surface area contributed by atoms with Crippen molar-refractivity contribution in [2.24, 2.45) is 0 Å². The zero-order valence-electron chi connectivity index (χ0n) is 8.61. The second kappa shape index (κ2) is 5.04. The molecule has 0 aliphatic heterocycles. The summed E-state index contributed by atoms with van der Waals surface area (Å²) in [6, 6.07) is 4.77. The van der Waals surface area contributed by atoms with Crippen molar-refractivity contribution in [2.75, 3.05) is 0 Å². The Bertz CT molecular complexity index is 618. The van der Waals surface area contributed by atoms with Gasteiger partial charge in [-0.15, -0.1) is 11.3 Å². The van der Waals surface area contributed by atoms with Crippen LogP contribution in [0.25, 0.3) is 0 Å². The summed E-state index contributed by atoms with van der Waals surface area (Å²) >= 11 is 12.9. The van der Waals surface area contributed by atoms with Crippen LogP contribution in [-0.2, 0) is 6.54 Å². The quantitative estimate of drug-likeness (QED) is 0.866. The van der Waals surface area contributed by atoms with Crippen molar-refractivity contribution >= 4 is 40.3 Å². The largest absolute Gasteiger partial charge is 0.316 e. The van der Waals surface area contributed by atoms with Gasteiger partial charge < -0.3 is 4.57 Å². The van der Waals surface area contributed by atoms with E-state index >= 15 is 0 Å². The monoisotopic (exact) mass is 286 g/mol. The lowest BCUT2D eigenvalue weighted by Gasteiger charge is -2.03. The molecule has 1 aromatic carbocycles. The Labute approximate surface area is 112 Å². The molecule has 0 unspecified atom stereocenters. The van der Waals surface area contributed by atoms with Crippen LogP contribution in [0.4, 0.5) is 0 Å². The lowest BCUT2D eigenvalue weighted by molar-refractivity contribution is 0.0971. The van der Waals surface area contributed by atoms with Crippen LogP contribution in [-0.4, -0.2) is 10.4 Å². The first kappa shape index (κ1) is 12.4. The molecule has 0 saturated heterocycles. The minimum absolute atomic E-state index is 0.0968. The van der Waals surface area contributed by atoms with E-state index in [4.69, 9.17) is 28.6 Å². The predicted octanol–water partition coefficient (Wildman–Crippen LogP) is 3.22. The normalized spacial score (nSPS) is 10.5. The summed E-state index contributed by atoms with van der Waals surface area (Å²) in [6.45, 7) is 0.139. The zero-order chi connectivity index (χ0) is 12.4. The van der Waals surface area contributed by atoms with Gasteiger partial charge in [0, 0.05) is 17.1 Å². The second-order valence-electron chi connectivity index (χ2n) is 3.39. The third kappa shape index (κ3) is 2.77. The summed E-state index contributed by atoms with van der Waals surface area (Å²) in [5, 5.41) is 10.1. The molecule has 1 aromatic heterocycles. The number of hydrogen-bond donors (Lipinski definition) is 1. The summed E-state index contributed by atoms with van der Waals surface area (Å²) in [4.78, 5) is 12.3. The van der Waals surface area contributed by atoms with Crippen molar-refractivity contribution < 1.29 is 4.79 Å². The molecule has 0 atom stereocenters. The molecule has 2 aromatic rings. The van der Waals surface area contributed by atoms with Gasteiger partial charge in [-0.3, -0.25) is 10.2 Å². The highest BCUT2D eigenvalue weighted by molar-refractivity contribution is 7.06. The number of thiazole rings is 1. The van der Waals surface area contributed by atoms with Gasteiger partial charge in [-0.2, -0.15) is 0 Å². The molecule has 1 heterocycles. The third-order valence-corrected chi connectivity index (χ3v) is 3.69. The molecular weight excluding hydrogens is 279 g/mol. The van der Waals surface area contributed by atoms with Gasteiger partial charge in [0.25, 0.3) is 0 Å². The Morgan fingerprint density at radius 2 is 2.12 bits per heavy atom. The summed E-state index contributed by atoms with van der Waals surface area (Å²) in [5.41, 5.74) is 0.498. The maximum atomic E-state index is 11.9. The molecule has 0 fully saturated rings. The van der Waals surface area contributed by atoms with E-state index < -0.39 is 0 Å². The van der Waals surface area contributed by atoms with Crippen molar-refractivity contribution in [2.45, 2.75) is 6.54 Å². The minimum Gasteiger partial charge on any atom is -0.316 e. The van der Waals surface area contributed by atoms with Gasteiger partial charge in [0.1, 0.15) is 0 Å². The minimum atomic E-state index is -0.0968. The van der Waals surface area contributed by atoms with E-state index in [0.717, 1.165) is 0 Å². The van der Waals surface area contributed by atoms with Crippen molar-refractivity contribution in [1.82, 2.24) is 4.57 Å². The standard InChI is InChI=1S/C11H8Cl2N2OS/c12-8-2-1-7(5-9(8)13)10(16)6-15-3-4-17-11(15)14/h1-5,14H,6H2. The maximum absolute atomic E-state index is 11.9. The number of carbonyl (C=O) groups is 1. The molecule has 0 spiro atoms. The Morgan fingerprint density at radius 3 is 2.71 bits per heavy atom. The fourth-order valence-electron chi connectivity index (χ4n) is 1.34. The second-order valence-corrected chi connectivity index (χ2v) is 5.10. The number of aromatic nitrogens is 1. The summed E-state index contributed by atoms with van der Waals surface area (Å²) < 4.78 is 1.58. The molecule has 6 heteroatoms. The van der Waals surface area contributed by atoms with Crippen molar-refractivity contribution in [1.29, 1.82) is 5.41 Å². The molecule has 0 aliphatic carbocycles. The van der Waals surface area contributed by atoms with Gasteiger partial charge in [-0.25, -0.2) is 0 Å². The first-order chi connectivity index (χ1) is 8.08. The van der Waals surface area contributed by atoms with Crippen LogP contribution in [0, 0.1) is 5.41 Å². The number of ketones is 1. The van der Waals surface area contributed by atoms with Gasteiger partial charge in [0.05, 0.1) is 16.6 Å². The Balaban J connectivity index is 2.23. The van der Waals surface area contributed by atoms with Crippen LogP contribution in [0.3, 0.4) is 0 Å². The highest BCUT2D eigenvalue weighted by atomic mass is 35.5. The first-order valence-corrected chi connectivity index (χ1v) is 6.38. The predicted molar refractivity (Wildman–Crippen MR) is 69.0 cm³/mol. The van der Waals surface area contributed by atoms with E-state index in [-0.39, 0.29) is 12.3 Å². The molecule has 0 saturated carbocycles. The van der Waals surface area contributed by atoms with Crippen molar-refractivity contribution in [3.63, 3.8) is 0 Å². The molecule has 1 N–H and O–H groups in total. The molecule has 0 aliphatic rings. The van der Waals surface area contributed by atoms with Crippen LogP contribution >= 0.6 is 34.5 Å². The van der Waals surface area contributed by atoms with Gasteiger partial charge in [-0.1, -0.05) is 23.2 Å². The first-order valence-electron chi connectivity index (χ1n) is 4.74. The Kier molecular flexibility index (Phi) is 3.66. The van der Waals surface area contributed by atoms with Crippen molar-refractivity contribution in [3.05, 3.63) is 50.2 Å². The SMILES string of the molecule is N=c1sccn1CC(=O)c1ccc(Cl)c(Cl)c1. The fourth-order valence-corrected chi connectivity index (χ4v) is 2.24. The molecule has 0 radical (unpaired) electrons. The Morgan fingerprint density at radius 1 is 1.35 bits per heavy atom. The number of nitrogens with zero attached hydrogens (tertiary/aromatic N) is 1. The van der Waals surface area contributed by atoms with Gasteiger partial charge in [-0.05, 0) is 18.2 Å². The van der Waals surface area contributed by atoms with Crippen LogP contribution in [0.2, 0.25) is 10.0 Å². The van der Waals surface area contributed by atoms with Crippen LogP contribution < -0.4 is 4.80 Å². The number of carbonyl (C=O) groups excluding carboxylic acids is 1. The Hall–Kier alpha value is -1.10. The molecule has 88 valence electrons. The topological polar surface area (TPSA) is 45.9 Å². The zero-order valence-corrected chi connectivity index (χ0v) is 10.9. The molecule has 3 nitrogen and oxygen atoms in total. The molecule has 2 rings (SSSR count). The van der Waals surface area contributed by atoms with Gasteiger partial charge >= 0.3 is 0 Å². The number of rotatable bonds is 3. The average Bonchev–Trinajstić information content (AvgIpc) is 2.68. The van der Waals surface area contributed by atoms with Crippen LogP contribution in [0.15, 0.2) is 29.8 Å². The van der Waals surface area contributed by atoms with Gasteiger partial charge in [0.2, 0.25) is 0 Å². The summed E-state index contributed by atoms with van der Waals surface area (Å²) in [5.74, 6) is -0.0968. The number of halogens is 2. The summed E-state index contributed by atoms with van der Waals surface area (Å²) in [7, 11) is 0. The summed E-state index contributed by atoms with van der Waals surface area (Å²) in [6.07, 6.45) is 1.71. The van der Waals surface area contributed by atoms with E-state index in [1.54, 1.807) is 34.3 Å². The average molecular weight is 287 g/mol. The molecule has 0 bridgehead atoms. The lowest BCUT2D eigenvalue weighted by Crippen LogP contribution is -2.18. The fraction of sp³-hybridized carbons (Fsp3) is 0.0909. The number of nitrogens with one attached hydrogen (secondary N) is 1. The maximum Gasteiger partial charge on any atom is 0.182 e. The molecular formula is C11H8Cl2N2OS. The molecule has 17 heavy (non-hydrogen) atoms. The van der Waals surface area contributed by atoms with Crippen molar-refractivity contribution in [3.8, 4) is 0 Å². The van der Waals surface area contributed by atoms with Crippen LogP contribution in [0.1, 0.15) is 10.4 Å². The van der Waals surface area contributed by atoms with Crippen LogP contribution in [0.5, 0.6) is 0 Å². The lowest BCUT2D eigenvalue weighted by atomic mass is 10.1. The highest BCUT2D eigenvalue weighted by Gasteiger charge is 2.09. The van der Waals surface area contributed by atoms with E-state index in [9.17, 15) is 4.79 Å². The number of Topliss-reactive ketones (excluding diaryl/α,β-unsaturated/α-hetero) is 1. The molecule has 0 amide bonds. The number of hydrogen-bond acceptors (Lipinski definition) is 3. The number of benzene rings is 1. The van der Waals surface area contributed by atoms with E-state index in [1.807, 2.05) is 0 Å². The smallest absolute Gasteiger partial charge is 0.182 e. The van der Waals surface area contributed by atoms with E-state index in [2.05, 4.69) is 0 Å². The highest BCUT2D eigenvalue weighted by Crippen LogP contribution is 2.22.